The van der Waals surface area contributed by atoms with Crippen molar-refractivity contribution in [2.45, 2.75) is 18.9 Å². The SMILES string of the molecule is O=C1/C(=C/c2c(Oc3ccc(F)cc3)nc3ccccn3c2=O)SC(=S)N1C[C@@H]1CCCO1. The van der Waals surface area contributed by atoms with Gasteiger partial charge in [-0.2, -0.15) is 4.98 Å². The molecule has 4 heterocycles. The van der Waals surface area contributed by atoms with Crippen molar-refractivity contribution in [2.75, 3.05) is 13.2 Å². The van der Waals surface area contributed by atoms with Crippen LogP contribution in [0.5, 0.6) is 11.6 Å². The molecular formula is C23H18FN3O4S2. The van der Waals surface area contributed by atoms with Gasteiger partial charge in [-0.05, 0) is 55.3 Å². The zero-order valence-corrected chi connectivity index (χ0v) is 18.9. The molecule has 1 amide bonds. The van der Waals surface area contributed by atoms with Gasteiger partial charge in [-0.15, -0.1) is 0 Å². The first-order chi connectivity index (χ1) is 16.0. The number of thiocarbonyl (C=S) groups is 1. The summed E-state index contributed by atoms with van der Waals surface area (Å²) in [6.45, 7) is 1.06. The van der Waals surface area contributed by atoms with Crippen molar-refractivity contribution in [3.63, 3.8) is 0 Å². The van der Waals surface area contributed by atoms with E-state index in [0.717, 1.165) is 24.6 Å². The number of thioether (sulfide) groups is 1. The Hall–Kier alpha value is -3.08. The molecule has 1 aromatic carbocycles. The fourth-order valence-electron chi connectivity index (χ4n) is 3.68. The minimum atomic E-state index is -0.413. The number of rotatable bonds is 5. The van der Waals surface area contributed by atoms with Gasteiger partial charge in [0.2, 0.25) is 5.88 Å². The predicted octanol–water partition coefficient (Wildman–Crippen LogP) is 4.01. The maximum Gasteiger partial charge on any atom is 0.269 e. The van der Waals surface area contributed by atoms with E-state index in [1.165, 1.54) is 39.6 Å². The first-order valence-electron chi connectivity index (χ1n) is 10.3. The number of fused-ring (bicyclic) bond motifs is 1. The van der Waals surface area contributed by atoms with Gasteiger partial charge in [-0.25, -0.2) is 4.39 Å². The van der Waals surface area contributed by atoms with Crippen molar-refractivity contribution < 1.29 is 18.7 Å². The van der Waals surface area contributed by atoms with Crippen molar-refractivity contribution in [2.24, 2.45) is 0 Å². The number of halogens is 1. The zero-order chi connectivity index (χ0) is 22.9. The van der Waals surface area contributed by atoms with E-state index in [4.69, 9.17) is 21.7 Å². The number of hydrogen-bond acceptors (Lipinski definition) is 7. The van der Waals surface area contributed by atoms with Crippen LogP contribution in [-0.4, -0.2) is 43.8 Å². The number of pyridine rings is 1. The summed E-state index contributed by atoms with van der Waals surface area (Å²) in [6, 6.07) is 10.5. The lowest BCUT2D eigenvalue weighted by Gasteiger charge is -2.18. The lowest BCUT2D eigenvalue weighted by Crippen LogP contribution is -2.35. The molecule has 2 aromatic heterocycles. The molecule has 0 N–H and O–H groups in total. The molecule has 2 aliphatic heterocycles. The largest absolute Gasteiger partial charge is 0.438 e. The normalized spacial score (nSPS) is 19.7. The Morgan fingerprint density at radius 1 is 1.24 bits per heavy atom. The first-order valence-corrected chi connectivity index (χ1v) is 11.5. The summed E-state index contributed by atoms with van der Waals surface area (Å²) in [5, 5.41) is 0. The van der Waals surface area contributed by atoms with Crippen LogP contribution in [0.2, 0.25) is 0 Å². The number of ether oxygens (including phenoxy) is 2. The molecule has 33 heavy (non-hydrogen) atoms. The topological polar surface area (TPSA) is 73.1 Å². The molecule has 5 rings (SSSR count). The minimum Gasteiger partial charge on any atom is -0.438 e. The Balaban J connectivity index is 1.54. The summed E-state index contributed by atoms with van der Waals surface area (Å²) in [7, 11) is 0. The van der Waals surface area contributed by atoms with E-state index >= 15 is 0 Å². The highest BCUT2D eigenvalue weighted by Crippen LogP contribution is 2.35. The number of hydrogen-bond donors (Lipinski definition) is 0. The van der Waals surface area contributed by atoms with E-state index in [1.54, 1.807) is 24.4 Å². The second kappa shape index (κ2) is 9.05. The molecule has 7 nitrogen and oxygen atoms in total. The standard InChI is InChI=1S/C23H18FN3O4S2/c24-14-6-8-15(9-7-14)31-20-17(21(28)26-10-2-1-5-19(26)25-20)12-18-22(29)27(23(32)33-18)13-16-4-3-11-30-16/h1-2,5-10,12,16H,3-4,11,13H2/b18-12-/t16-/m0/s1. The van der Waals surface area contributed by atoms with E-state index in [0.29, 0.717) is 33.8 Å². The minimum absolute atomic E-state index is 0.0159. The van der Waals surface area contributed by atoms with Gasteiger partial charge in [0.05, 0.1) is 17.6 Å². The number of benzene rings is 1. The van der Waals surface area contributed by atoms with Crippen LogP contribution in [-0.2, 0) is 9.53 Å². The van der Waals surface area contributed by atoms with E-state index < -0.39 is 11.4 Å². The molecule has 3 aromatic rings. The lowest BCUT2D eigenvalue weighted by atomic mass is 10.2. The van der Waals surface area contributed by atoms with E-state index in [-0.39, 0.29) is 23.5 Å². The third-order valence-corrected chi connectivity index (χ3v) is 6.70. The van der Waals surface area contributed by atoms with Crippen LogP contribution >= 0.6 is 24.0 Å². The molecule has 1 atom stereocenters. The molecule has 0 bridgehead atoms. The van der Waals surface area contributed by atoms with Gasteiger partial charge >= 0.3 is 0 Å². The highest BCUT2D eigenvalue weighted by Gasteiger charge is 2.35. The molecule has 168 valence electrons. The Morgan fingerprint density at radius 2 is 2.06 bits per heavy atom. The molecule has 2 fully saturated rings. The summed E-state index contributed by atoms with van der Waals surface area (Å²) in [5.74, 6) is -0.374. The second-order valence-electron chi connectivity index (χ2n) is 7.55. The van der Waals surface area contributed by atoms with Crippen LogP contribution in [0.3, 0.4) is 0 Å². The highest BCUT2D eigenvalue weighted by molar-refractivity contribution is 8.26. The predicted molar refractivity (Wildman–Crippen MR) is 127 cm³/mol. The van der Waals surface area contributed by atoms with E-state index in [2.05, 4.69) is 4.98 Å². The van der Waals surface area contributed by atoms with Gasteiger partial charge in [-0.1, -0.05) is 30.0 Å². The van der Waals surface area contributed by atoms with E-state index in [9.17, 15) is 14.0 Å². The zero-order valence-electron chi connectivity index (χ0n) is 17.3. The van der Waals surface area contributed by atoms with E-state index in [1.807, 2.05) is 0 Å². The van der Waals surface area contributed by atoms with Crippen LogP contribution in [0, 0.1) is 5.82 Å². The average Bonchev–Trinajstić information content (AvgIpc) is 3.42. The summed E-state index contributed by atoms with van der Waals surface area (Å²) < 4.78 is 26.6. The Morgan fingerprint density at radius 3 is 2.82 bits per heavy atom. The summed E-state index contributed by atoms with van der Waals surface area (Å²) in [6.07, 6.45) is 4.84. The average molecular weight is 484 g/mol. The molecule has 10 heteroatoms. The number of carbonyl (C=O) groups excluding carboxylic acids is 1. The second-order valence-corrected chi connectivity index (χ2v) is 9.22. The highest BCUT2D eigenvalue weighted by atomic mass is 32.2. The lowest BCUT2D eigenvalue weighted by molar-refractivity contribution is -0.123. The summed E-state index contributed by atoms with van der Waals surface area (Å²) >= 11 is 6.53. The van der Waals surface area contributed by atoms with Crippen LogP contribution in [0.4, 0.5) is 4.39 Å². The summed E-state index contributed by atoms with van der Waals surface area (Å²) in [4.78, 5) is 32.6. The Bertz CT molecular complexity index is 1330. The molecule has 0 spiro atoms. The number of amides is 1. The van der Waals surface area contributed by atoms with Crippen LogP contribution < -0.4 is 10.3 Å². The smallest absolute Gasteiger partial charge is 0.269 e. The van der Waals surface area contributed by atoms with Crippen molar-refractivity contribution >= 4 is 45.9 Å². The van der Waals surface area contributed by atoms with Gasteiger partial charge in [0.15, 0.2) is 0 Å². The quantitative estimate of drug-likeness (QED) is 0.401. The van der Waals surface area contributed by atoms with Gasteiger partial charge in [-0.3, -0.25) is 18.9 Å². The van der Waals surface area contributed by atoms with Crippen molar-refractivity contribution in [3.05, 3.63) is 75.3 Å². The molecule has 0 radical (unpaired) electrons. The van der Waals surface area contributed by atoms with Gasteiger partial charge < -0.3 is 9.47 Å². The Kier molecular flexibility index (Phi) is 5.96. The maximum atomic E-state index is 13.3. The van der Waals surface area contributed by atoms with Crippen LogP contribution in [0.25, 0.3) is 11.7 Å². The molecule has 2 saturated heterocycles. The molecule has 0 unspecified atom stereocenters. The van der Waals surface area contributed by atoms with Crippen LogP contribution in [0.1, 0.15) is 18.4 Å². The van der Waals surface area contributed by atoms with Gasteiger partial charge in [0.25, 0.3) is 11.5 Å². The maximum absolute atomic E-state index is 13.3. The molecular weight excluding hydrogens is 465 g/mol. The molecule has 0 aliphatic carbocycles. The van der Waals surface area contributed by atoms with Crippen LogP contribution in [0.15, 0.2) is 58.4 Å². The number of nitrogens with zero attached hydrogens (tertiary/aromatic N) is 3. The first kappa shape index (κ1) is 21.7. The molecule has 0 saturated carbocycles. The van der Waals surface area contributed by atoms with Crippen molar-refractivity contribution in [3.8, 4) is 11.6 Å². The summed E-state index contributed by atoms with van der Waals surface area (Å²) in [5.41, 5.74) is 0.0745. The fourth-order valence-corrected chi connectivity index (χ4v) is 4.94. The monoisotopic (exact) mass is 483 g/mol. The van der Waals surface area contributed by atoms with Gasteiger partial charge in [0.1, 0.15) is 27.1 Å². The Labute approximate surface area is 197 Å². The number of aromatic nitrogens is 2. The molecule has 2 aliphatic rings. The third-order valence-electron chi connectivity index (χ3n) is 5.32. The fraction of sp³-hybridized carbons (Fsp3) is 0.217. The van der Waals surface area contributed by atoms with Gasteiger partial charge in [0, 0.05) is 12.8 Å². The van der Waals surface area contributed by atoms with Crippen molar-refractivity contribution in [1.82, 2.24) is 14.3 Å². The van der Waals surface area contributed by atoms with Crippen molar-refractivity contribution in [1.29, 1.82) is 0 Å². The third kappa shape index (κ3) is 4.41. The number of carbonyl (C=O) groups is 1.